The lowest BCUT2D eigenvalue weighted by Gasteiger charge is -2.37. The third kappa shape index (κ3) is 12.9. The summed E-state index contributed by atoms with van der Waals surface area (Å²) in [5.41, 5.74) is 3.50. The number of pyridine rings is 1. The predicted molar refractivity (Wildman–Crippen MR) is 202 cm³/mol. The smallest absolute Gasteiger partial charge is 0.408 e. The Bertz CT molecular complexity index is 1360. The summed E-state index contributed by atoms with van der Waals surface area (Å²) in [4.78, 5) is 71.2. The van der Waals surface area contributed by atoms with E-state index in [0.717, 1.165) is 30.8 Å². The average Bonchev–Trinajstić information content (AvgIpc) is 3.63. The maximum atomic E-state index is 14.5. The normalized spacial score (nSPS) is 19.1. The van der Waals surface area contributed by atoms with Crippen LogP contribution in [0.25, 0.3) is 0 Å². The number of imide groups is 1. The van der Waals surface area contributed by atoms with Crippen LogP contribution in [0.1, 0.15) is 120 Å². The second-order valence-electron chi connectivity index (χ2n) is 14.7. The lowest BCUT2D eigenvalue weighted by molar-refractivity contribution is -0.124. The van der Waals surface area contributed by atoms with Crippen LogP contribution in [0.5, 0.6) is 0 Å². The first-order valence-corrected chi connectivity index (χ1v) is 20.1. The monoisotopic (exact) mass is 747 g/mol. The first-order valence-electron chi connectivity index (χ1n) is 18.0. The number of aliphatic hydroxyl groups is 1. The zero-order chi connectivity index (χ0) is 37.8. The van der Waals surface area contributed by atoms with Gasteiger partial charge in [-0.3, -0.25) is 29.5 Å². The summed E-state index contributed by atoms with van der Waals surface area (Å²) in [5.74, 6) is -0.586. The fourth-order valence-electron chi connectivity index (χ4n) is 6.37. The minimum Gasteiger partial charge on any atom is -0.444 e. The van der Waals surface area contributed by atoms with Gasteiger partial charge in [0.05, 0.1) is 16.7 Å². The summed E-state index contributed by atoms with van der Waals surface area (Å²) in [6.07, 6.45) is 8.59. The number of ether oxygens (including phenoxy) is 1. The molecule has 14 heteroatoms. The van der Waals surface area contributed by atoms with Gasteiger partial charge in [0.2, 0.25) is 11.8 Å². The molecular formula is C37H57N5O7S2. The second-order valence-corrected chi connectivity index (χ2v) is 17.5. The van der Waals surface area contributed by atoms with Crippen LogP contribution < -0.4 is 21.7 Å². The lowest BCUT2D eigenvalue weighted by Crippen LogP contribution is -2.62. The molecule has 6 N–H and O–H groups in total. The van der Waals surface area contributed by atoms with E-state index in [2.05, 4.69) is 27.5 Å². The Morgan fingerprint density at radius 2 is 1.76 bits per heavy atom. The number of nitrogens with one attached hydrogen (secondary N) is 3. The summed E-state index contributed by atoms with van der Waals surface area (Å²) < 4.78 is 5.14. The van der Waals surface area contributed by atoms with E-state index >= 15 is 0 Å². The maximum absolute atomic E-state index is 14.5. The number of rotatable bonds is 17. The fraction of sp³-hybridized carbons (Fsp3) is 0.676. The van der Waals surface area contributed by atoms with Crippen LogP contribution in [0, 0.1) is 11.8 Å². The summed E-state index contributed by atoms with van der Waals surface area (Å²) >= 11 is 3.06. The van der Waals surface area contributed by atoms with E-state index in [1.807, 2.05) is 13.8 Å². The first-order chi connectivity index (χ1) is 24.1. The molecule has 0 aromatic carbocycles. The number of carbonyl (C=O) groups excluding carboxylic acids is 5. The number of alkyl carbamates (subject to hydrolysis) is 1. The molecule has 0 radical (unpaired) electrons. The Morgan fingerprint density at radius 1 is 1.10 bits per heavy atom. The van der Waals surface area contributed by atoms with E-state index in [0.29, 0.717) is 18.8 Å². The van der Waals surface area contributed by atoms with Gasteiger partial charge in [-0.1, -0.05) is 58.4 Å². The molecule has 1 aliphatic heterocycles. The van der Waals surface area contributed by atoms with Gasteiger partial charge < -0.3 is 26.2 Å². The van der Waals surface area contributed by atoms with E-state index in [1.54, 1.807) is 20.8 Å². The largest absolute Gasteiger partial charge is 0.444 e. The first kappa shape index (κ1) is 42.5. The molecule has 1 aromatic heterocycles. The van der Waals surface area contributed by atoms with Crippen molar-refractivity contribution in [3.63, 3.8) is 0 Å². The summed E-state index contributed by atoms with van der Waals surface area (Å²) in [6, 6.07) is 0.809. The van der Waals surface area contributed by atoms with Gasteiger partial charge in [-0.25, -0.2) is 4.79 Å². The molecule has 2 aliphatic rings. The number of hydrogen-bond acceptors (Lipinski definition) is 11. The maximum Gasteiger partial charge on any atom is 0.408 e. The van der Waals surface area contributed by atoms with Crippen LogP contribution in [0.2, 0.25) is 0 Å². The standard InChI is InChI=1S/C37H57N5O7S2/c1-7-18-37(21-26(43)16-14-24-12-10-9-11-13-24,42-33(47)29(34-50-19-20-51-34)40-35(48)49-36(4,5)6)30(44)25-15-17-27(39-22-25)31(45)41-32(46)28(38)23(3)8-2/h7,15,17,22-24,26,28-29,34,43H,1,8-14,16,18-21,38H2,2-6H3,(H,40,48)(H,42,47)(H,41,45,46)/t23-,26?,28-,29+,37+/m0/s1. The molecular weight excluding hydrogens is 691 g/mol. The topological polar surface area (TPSA) is 190 Å². The van der Waals surface area contributed by atoms with Crippen molar-refractivity contribution in [2.75, 3.05) is 11.5 Å². The SMILES string of the molecule is C=CC[C@](CC(O)CCC1CCCCC1)(NC(=O)[C@@H](NC(=O)OC(C)(C)C)C1SCCS1)C(=O)c1ccc(C(=O)NC(=O)[C@@H](N)[C@@H](C)CC)nc1. The zero-order valence-electron chi connectivity index (χ0n) is 30.7. The van der Waals surface area contributed by atoms with Crippen molar-refractivity contribution in [1.82, 2.24) is 20.9 Å². The van der Waals surface area contributed by atoms with E-state index in [4.69, 9.17) is 10.5 Å². The lowest BCUT2D eigenvalue weighted by atomic mass is 9.79. The molecule has 5 atom stereocenters. The molecule has 1 aromatic rings. The van der Waals surface area contributed by atoms with Crippen molar-refractivity contribution in [2.24, 2.45) is 17.6 Å². The van der Waals surface area contributed by atoms with Crippen LogP contribution in [-0.2, 0) is 14.3 Å². The van der Waals surface area contributed by atoms with Crippen LogP contribution >= 0.6 is 23.5 Å². The molecule has 284 valence electrons. The van der Waals surface area contributed by atoms with Crippen molar-refractivity contribution in [3.05, 3.63) is 42.2 Å². The number of hydrogen-bond donors (Lipinski definition) is 5. The molecule has 4 amide bonds. The predicted octanol–water partition coefficient (Wildman–Crippen LogP) is 5.14. The van der Waals surface area contributed by atoms with Gasteiger partial charge in [-0.05, 0) is 64.0 Å². The number of ketones is 1. The highest BCUT2D eigenvalue weighted by atomic mass is 32.2. The summed E-state index contributed by atoms with van der Waals surface area (Å²) in [7, 11) is 0. The van der Waals surface area contributed by atoms with Gasteiger partial charge in [0.25, 0.3) is 5.91 Å². The number of aliphatic hydroxyl groups excluding tert-OH is 1. The van der Waals surface area contributed by atoms with Crippen molar-refractivity contribution < 1.29 is 33.8 Å². The highest BCUT2D eigenvalue weighted by Crippen LogP contribution is 2.36. The van der Waals surface area contributed by atoms with Gasteiger partial charge in [-0.15, -0.1) is 30.1 Å². The van der Waals surface area contributed by atoms with Gasteiger partial charge in [0.15, 0.2) is 5.78 Å². The van der Waals surface area contributed by atoms with Crippen LogP contribution in [0.4, 0.5) is 4.79 Å². The molecule has 2 fully saturated rings. The number of aromatic nitrogens is 1. The average molecular weight is 748 g/mol. The third-order valence-electron chi connectivity index (χ3n) is 9.44. The van der Waals surface area contributed by atoms with Crippen molar-refractivity contribution in [2.45, 2.75) is 133 Å². The number of carbonyl (C=O) groups is 5. The molecule has 1 unspecified atom stereocenters. The fourth-order valence-corrected chi connectivity index (χ4v) is 9.33. The Hall–Kier alpha value is -2.94. The highest BCUT2D eigenvalue weighted by molar-refractivity contribution is 8.20. The van der Waals surface area contributed by atoms with Crippen LogP contribution in [0.3, 0.4) is 0 Å². The molecule has 0 bridgehead atoms. The molecule has 1 saturated heterocycles. The molecule has 51 heavy (non-hydrogen) atoms. The quantitative estimate of drug-likeness (QED) is 0.105. The van der Waals surface area contributed by atoms with E-state index in [9.17, 15) is 29.1 Å². The van der Waals surface area contributed by atoms with Crippen molar-refractivity contribution in [3.8, 4) is 0 Å². The molecule has 2 heterocycles. The number of nitrogens with zero attached hydrogens (tertiary/aromatic N) is 1. The number of amides is 4. The number of nitrogens with two attached hydrogens (primary N) is 1. The molecule has 1 saturated carbocycles. The highest BCUT2D eigenvalue weighted by Gasteiger charge is 2.45. The van der Waals surface area contributed by atoms with Crippen molar-refractivity contribution >= 4 is 53.1 Å². The molecule has 12 nitrogen and oxygen atoms in total. The van der Waals surface area contributed by atoms with E-state index < -0.39 is 58.9 Å². The van der Waals surface area contributed by atoms with Crippen LogP contribution in [0.15, 0.2) is 31.0 Å². The molecule has 1 aliphatic carbocycles. The third-order valence-corrected chi connectivity index (χ3v) is 12.6. The van der Waals surface area contributed by atoms with Crippen LogP contribution in [-0.4, -0.2) is 85.1 Å². The van der Waals surface area contributed by atoms with E-state index in [-0.39, 0.29) is 34.6 Å². The Morgan fingerprint density at radius 3 is 2.33 bits per heavy atom. The number of thioether (sulfide) groups is 2. The molecule has 3 rings (SSSR count). The number of Topliss-reactive ketones (excluding diaryl/α,β-unsaturated/α-hetero) is 1. The van der Waals surface area contributed by atoms with Gasteiger partial charge in [0.1, 0.15) is 22.9 Å². The molecule has 0 spiro atoms. The second kappa shape index (κ2) is 19.8. The summed E-state index contributed by atoms with van der Waals surface area (Å²) in [6.45, 7) is 12.8. The summed E-state index contributed by atoms with van der Waals surface area (Å²) in [5, 5.41) is 19.4. The van der Waals surface area contributed by atoms with Gasteiger partial charge in [0, 0.05) is 29.7 Å². The van der Waals surface area contributed by atoms with Gasteiger partial charge in [-0.2, -0.15) is 0 Å². The Labute approximate surface area is 311 Å². The van der Waals surface area contributed by atoms with E-state index in [1.165, 1.54) is 67.2 Å². The zero-order valence-corrected chi connectivity index (χ0v) is 32.3. The minimum atomic E-state index is -1.66. The van der Waals surface area contributed by atoms with Crippen molar-refractivity contribution in [1.29, 1.82) is 0 Å². The van der Waals surface area contributed by atoms with Gasteiger partial charge >= 0.3 is 6.09 Å². The Balaban J connectivity index is 1.92. The minimum absolute atomic E-state index is 0.0214. The Kier molecular flexibility index (Phi) is 16.5.